The fourth-order valence-corrected chi connectivity index (χ4v) is 2.96. The Hall–Kier alpha value is -0.650. The van der Waals surface area contributed by atoms with Crippen LogP contribution in [0.5, 0.6) is 0 Å². The minimum Gasteiger partial charge on any atom is -0.380 e. The van der Waals surface area contributed by atoms with Crippen LogP contribution in [-0.4, -0.2) is 74.2 Å². The summed E-state index contributed by atoms with van der Waals surface area (Å²) in [5.41, 5.74) is 0. The summed E-state index contributed by atoms with van der Waals surface area (Å²) in [6.07, 6.45) is 0.998. The molecule has 2 atom stereocenters. The molecule has 5 nitrogen and oxygen atoms in total. The maximum Gasteiger partial charge on any atom is 0.239 e. The number of carbonyl (C=O) groups excluding carboxylic acids is 1. The van der Waals surface area contributed by atoms with E-state index >= 15 is 0 Å². The zero-order valence-corrected chi connectivity index (χ0v) is 12.4. The zero-order valence-electron chi connectivity index (χ0n) is 12.4. The first-order valence-electron chi connectivity index (χ1n) is 7.37. The van der Waals surface area contributed by atoms with Crippen molar-refractivity contribution in [2.75, 3.05) is 46.4 Å². The minimum absolute atomic E-state index is 0.0402. The van der Waals surface area contributed by atoms with Gasteiger partial charge in [0.1, 0.15) is 0 Å². The van der Waals surface area contributed by atoms with Gasteiger partial charge in [0.15, 0.2) is 0 Å². The summed E-state index contributed by atoms with van der Waals surface area (Å²) in [6.45, 7) is 10.1. The van der Waals surface area contributed by atoms with Gasteiger partial charge in [-0.3, -0.25) is 9.69 Å². The van der Waals surface area contributed by atoms with Crippen molar-refractivity contribution >= 4 is 5.91 Å². The Labute approximate surface area is 116 Å². The van der Waals surface area contributed by atoms with Gasteiger partial charge in [-0.1, -0.05) is 13.8 Å². The lowest BCUT2D eigenvalue weighted by molar-refractivity contribution is -0.135. The van der Waals surface area contributed by atoms with Crippen LogP contribution in [-0.2, 0) is 9.53 Å². The van der Waals surface area contributed by atoms with Gasteiger partial charge in [-0.25, -0.2) is 0 Å². The lowest BCUT2D eigenvalue weighted by Crippen LogP contribution is -2.53. The largest absolute Gasteiger partial charge is 0.380 e. The van der Waals surface area contributed by atoms with E-state index in [9.17, 15) is 4.79 Å². The molecule has 0 aliphatic carbocycles. The van der Waals surface area contributed by atoms with Crippen molar-refractivity contribution in [3.8, 4) is 0 Å². The quantitative estimate of drug-likeness (QED) is 0.790. The summed E-state index contributed by atoms with van der Waals surface area (Å²) in [7, 11) is 1.71. The van der Waals surface area contributed by atoms with Gasteiger partial charge in [-0.2, -0.15) is 0 Å². The van der Waals surface area contributed by atoms with E-state index in [0.717, 1.165) is 45.7 Å². The highest BCUT2D eigenvalue weighted by molar-refractivity contribution is 5.82. The second kappa shape index (κ2) is 6.68. The third-order valence-electron chi connectivity index (χ3n) is 4.03. The number of amides is 1. The lowest BCUT2D eigenvalue weighted by atomic mass is 10.1. The normalized spacial score (nSPS) is 29.2. The smallest absolute Gasteiger partial charge is 0.239 e. The first-order valence-corrected chi connectivity index (χ1v) is 7.37. The first kappa shape index (κ1) is 14.8. The van der Waals surface area contributed by atoms with Crippen LogP contribution in [0.1, 0.15) is 20.3 Å². The SMILES string of the molecule is COC1CNC(C(=O)N2CCN(CC(C)C)CC2)C1. The number of nitrogens with one attached hydrogen (secondary N) is 1. The molecule has 0 radical (unpaired) electrons. The monoisotopic (exact) mass is 269 g/mol. The predicted octanol–water partition coefficient (Wildman–Crippen LogP) is 0.164. The molecule has 2 saturated heterocycles. The lowest BCUT2D eigenvalue weighted by Gasteiger charge is -2.36. The summed E-state index contributed by atoms with van der Waals surface area (Å²) < 4.78 is 5.30. The highest BCUT2D eigenvalue weighted by Gasteiger charge is 2.33. The van der Waals surface area contributed by atoms with Crippen molar-refractivity contribution < 1.29 is 9.53 Å². The summed E-state index contributed by atoms with van der Waals surface area (Å²) in [5.74, 6) is 0.949. The summed E-state index contributed by atoms with van der Waals surface area (Å²) in [5, 5.41) is 3.27. The molecule has 19 heavy (non-hydrogen) atoms. The van der Waals surface area contributed by atoms with Crippen LogP contribution < -0.4 is 5.32 Å². The number of ether oxygens (including phenoxy) is 1. The van der Waals surface area contributed by atoms with E-state index in [1.54, 1.807) is 7.11 Å². The average Bonchev–Trinajstić information content (AvgIpc) is 2.87. The molecule has 2 rings (SSSR count). The van der Waals surface area contributed by atoms with Crippen molar-refractivity contribution in [1.82, 2.24) is 15.1 Å². The Morgan fingerprint density at radius 1 is 1.32 bits per heavy atom. The molecule has 2 unspecified atom stereocenters. The predicted molar refractivity (Wildman–Crippen MR) is 75.1 cm³/mol. The molecule has 2 aliphatic rings. The van der Waals surface area contributed by atoms with E-state index in [1.807, 2.05) is 4.90 Å². The summed E-state index contributed by atoms with van der Waals surface area (Å²) >= 11 is 0. The molecule has 2 fully saturated rings. The maximum atomic E-state index is 12.4. The van der Waals surface area contributed by atoms with Crippen molar-refractivity contribution in [3.05, 3.63) is 0 Å². The number of carbonyl (C=O) groups is 1. The summed E-state index contributed by atoms with van der Waals surface area (Å²) in [4.78, 5) is 16.8. The average molecular weight is 269 g/mol. The molecule has 2 aliphatic heterocycles. The minimum atomic E-state index is -0.0402. The fraction of sp³-hybridized carbons (Fsp3) is 0.929. The van der Waals surface area contributed by atoms with E-state index in [0.29, 0.717) is 5.92 Å². The van der Waals surface area contributed by atoms with Crippen molar-refractivity contribution in [3.63, 3.8) is 0 Å². The van der Waals surface area contributed by atoms with Gasteiger partial charge in [0.05, 0.1) is 12.1 Å². The van der Waals surface area contributed by atoms with Gasteiger partial charge in [0, 0.05) is 46.4 Å². The van der Waals surface area contributed by atoms with E-state index in [1.165, 1.54) is 0 Å². The van der Waals surface area contributed by atoms with Crippen LogP contribution >= 0.6 is 0 Å². The number of hydrogen-bond donors (Lipinski definition) is 1. The molecule has 0 bridgehead atoms. The van der Waals surface area contributed by atoms with E-state index in [4.69, 9.17) is 4.74 Å². The Kier molecular flexibility index (Phi) is 5.19. The van der Waals surface area contributed by atoms with Gasteiger partial charge < -0.3 is 15.0 Å². The number of nitrogens with zero attached hydrogens (tertiary/aromatic N) is 2. The molecule has 0 aromatic heterocycles. The molecule has 1 N–H and O–H groups in total. The molecular formula is C14H27N3O2. The second-order valence-electron chi connectivity index (χ2n) is 6.07. The van der Waals surface area contributed by atoms with Crippen molar-refractivity contribution in [1.29, 1.82) is 0 Å². The molecule has 5 heteroatoms. The Morgan fingerprint density at radius 2 is 2.00 bits per heavy atom. The molecular weight excluding hydrogens is 242 g/mol. The highest BCUT2D eigenvalue weighted by Crippen LogP contribution is 2.14. The molecule has 0 saturated carbocycles. The molecule has 0 spiro atoms. The topological polar surface area (TPSA) is 44.8 Å². The van der Waals surface area contributed by atoms with Crippen molar-refractivity contribution in [2.24, 2.45) is 5.92 Å². The van der Waals surface area contributed by atoms with Gasteiger partial charge in [0.2, 0.25) is 5.91 Å². The number of methoxy groups -OCH3 is 1. The second-order valence-corrected chi connectivity index (χ2v) is 6.07. The van der Waals surface area contributed by atoms with Crippen LogP contribution in [0.4, 0.5) is 0 Å². The molecule has 1 amide bonds. The Bertz CT molecular complexity index is 301. The molecule has 0 aromatic carbocycles. The fourth-order valence-electron chi connectivity index (χ4n) is 2.96. The van der Waals surface area contributed by atoms with Crippen LogP contribution in [0.25, 0.3) is 0 Å². The number of rotatable bonds is 4. The number of hydrogen-bond acceptors (Lipinski definition) is 4. The van der Waals surface area contributed by atoms with Crippen molar-refractivity contribution in [2.45, 2.75) is 32.4 Å². The standard InChI is InChI=1S/C14H27N3O2/c1-11(2)10-16-4-6-17(7-5-16)14(18)13-8-12(19-3)9-15-13/h11-13,15H,4-10H2,1-3H3. The van der Waals surface area contributed by atoms with E-state index in [2.05, 4.69) is 24.1 Å². The zero-order chi connectivity index (χ0) is 13.8. The van der Waals surface area contributed by atoms with Crippen LogP contribution in [0.3, 0.4) is 0 Å². The Balaban J connectivity index is 1.76. The van der Waals surface area contributed by atoms with E-state index in [-0.39, 0.29) is 18.1 Å². The van der Waals surface area contributed by atoms with Gasteiger partial charge >= 0.3 is 0 Å². The molecule has 0 aromatic rings. The van der Waals surface area contributed by atoms with Crippen LogP contribution in [0.15, 0.2) is 0 Å². The molecule has 110 valence electrons. The van der Waals surface area contributed by atoms with Gasteiger partial charge in [-0.05, 0) is 12.3 Å². The van der Waals surface area contributed by atoms with Gasteiger partial charge in [-0.15, -0.1) is 0 Å². The van der Waals surface area contributed by atoms with Crippen LogP contribution in [0.2, 0.25) is 0 Å². The highest BCUT2D eigenvalue weighted by atomic mass is 16.5. The maximum absolute atomic E-state index is 12.4. The summed E-state index contributed by atoms with van der Waals surface area (Å²) in [6, 6.07) is -0.0402. The third kappa shape index (κ3) is 3.91. The van der Waals surface area contributed by atoms with E-state index < -0.39 is 0 Å². The van der Waals surface area contributed by atoms with Gasteiger partial charge in [0.25, 0.3) is 0 Å². The third-order valence-corrected chi connectivity index (χ3v) is 4.03. The molecule has 2 heterocycles. The first-order chi connectivity index (χ1) is 9.10. The number of piperazine rings is 1. The van der Waals surface area contributed by atoms with Crippen LogP contribution in [0, 0.1) is 5.92 Å². The Morgan fingerprint density at radius 3 is 2.53 bits per heavy atom.